The molecule has 0 aromatic rings. The third-order valence-electron chi connectivity index (χ3n) is 2.93. The Morgan fingerprint density at radius 1 is 1.57 bits per heavy atom. The Morgan fingerprint density at radius 2 is 2.14 bits per heavy atom. The zero-order chi connectivity index (χ0) is 10.6. The maximum absolute atomic E-state index is 10.9. The van der Waals surface area contributed by atoms with E-state index in [1.54, 1.807) is 0 Å². The zero-order valence-corrected chi connectivity index (χ0v) is 9.13. The first kappa shape index (κ1) is 11.5. The van der Waals surface area contributed by atoms with E-state index in [1.165, 1.54) is 5.54 Å². The minimum absolute atomic E-state index is 0.527. The van der Waals surface area contributed by atoms with Gasteiger partial charge in [-0.3, -0.25) is 9.69 Å². The molecule has 1 aliphatic rings. The molecule has 14 heavy (non-hydrogen) atoms. The van der Waals surface area contributed by atoms with Crippen LogP contribution in [0, 0.1) is 5.41 Å². The standard InChI is InChI=1S/C10H16ClNO2/c1-10(9(13)14)3-7-12(8-4-10)6-2-5-11/h2,5H,3-4,6-8H2,1H3,(H,13,14). The van der Waals surface area contributed by atoms with E-state index in [2.05, 4.69) is 4.90 Å². The van der Waals surface area contributed by atoms with E-state index >= 15 is 0 Å². The molecule has 0 bridgehead atoms. The van der Waals surface area contributed by atoms with Crippen LogP contribution in [0.25, 0.3) is 0 Å². The molecule has 0 aromatic heterocycles. The predicted octanol–water partition coefficient (Wildman–Crippen LogP) is 1.93. The minimum Gasteiger partial charge on any atom is -0.481 e. The van der Waals surface area contributed by atoms with E-state index in [0.717, 1.165) is 32.5 Å². The number of aliphatic carboxylic acids is 1. The highest BCUT2D eigenvalue weighted by Gasteiger charge is 2.36. The summed E-state index contributed by atoms with van der Waals surface area (Å²) < 4.78 is 0. The number of likely N-dealkylation sites (tertiary alicyclic amines) is 1. The van der Waals surface area contributed by atoms with Crippen LogP contribution in [0.15, 0.2) is 11.6 Å². The molecule has 4 heteroatoms. The average Bonchev–Trinajstić information content (AvgIpc) is 2.17. The highest BCUT2D eigenvalue weighted by atomic mass is 35.5. The molecular weight excluding hydrogens is 202 g/mol. The number of carboxylic acid groups (broad SMARTS) is 1. The lowest BCUT2D eigenvalue weighted by atomic mass is 9.80. The minimum atomic E-state index is -0.676. The molecule has 0 aliphatic carbocycles. The quantitative estimate of drug-likeness (QED) is 0.786. The topological polar surface area (TPSA) is 40.5 Å². The second-order valence-electron chi connectivity index (χ2n) is 4.03. The number of halogens is 1. The first-order chi connectivity index (χ1) is 6.58. The van der Waals surface area contributed by atoms with Crippen molar-refractivity contribution in [2.75, 3.05) is 19.6 Å². The largest absolute Gasteiger partial charge is 0.481 e. The van der Waals surface area contributed by atoms with Crippen LogP contribution in [0.4, 0.5) is 0 Å². The fourth-order valence-electron chi connectivity index (χ4n) is 1.63. The summed E-state index contributed by atoms with van der Waals surface area (Å²) in [6.07, 6.45) is 3.32. The molecule has 80 valence electrons. The number of carbonyl (C=O) groups is 1. The lowest BCUT2D eigenvalue weighted by Gasteiger charge is -2.35. The van der Waals surface area contributed by atoms with E-state index in [0.29, 0.717) is 0 Å². The second-order valence-corrected chi connectivity index (χ2v) is 4.28. The van der Waals surface area contributed by atoms with Gasteiger partial charge in [0.1, 0.15) is 0 Å². The Balaban J connectivity index is 2.41. The Bertz CT molecular complexity index is 232. The third kappa shape index (κ3) is 2.72. The van der Waals surface area contributed by atoms with Crippen molar-refractivity contribution in [1.82, 2.24) is 4.90 Å². The molecule has 0 aromatic carbocycles. The van der Waals surface area contributed by atoms with Crippen LogP contribution in [0.5, 0.6) is 0 Å². The van der Waals surface area contributed by atoms with Gasteiger partial charge in [-0.25, -0.2) is 0 Å². The number of piperidine rings is 1. The Morgan fingerprint density at radius 3 is 2.57 bits per heavy atom. The molecular formula is C10H16ClNO2. The zero-order valence-electron chi connectivity index (χ0n) is 8.37. The van der Waals surface area contributed by atoms with E-state index in [9.17, 15) is 4.79 Å². The molecule has 0 radical (unpaired) electrons. The number of nitrogens with zero attached hydrogens (tertiary/aromatic N) is 1. The van der Waals surface area contributed by atoms with Crippen molar-refractivity contribution in [3.63, 3.8) is 0 Å². The van der Waals surface area contributed by atoms with Gasteiger partial charge in [0.05, 0.1) is 5.41 Å². The van der Waals surface area contributed by atoms with Gasteiger partial charge in [0.2, 0.25) is 0 Å². The molecule has 1 fully saturated rings. The molecule has 1 saturated heterocycles. The number of hydrogen-bond acceptors (Lipinski definition) is 2. The van der Waals surface area contributed by atoms with E-state index in [1.807, 2.05) is 13.0 Å². The van der Waals surface area contributed by atoms with Crippen LogP contribution >= 0.6 is 11.6 Å². The summed E-state index contributed by atoms with van der Waals surface area (Å²) in [5.41, 5.74) is 0.978. The van der Waals surface area contributed by atoms with Gasteiger partial charge in [0, 0.05) is 12.1 Å². The number of hydrogen-bond donors (Lipinski definition) is 1. The number of rotatable bonds is 3. The Kier molecular flexibility index (Phi) is 3.96. The summed E-state index contributed by atoms with van der Waals surface area (Å²) in [4.78, 5) is 13.2. The summed E-state index contributed by atoms with van der Waals surface area (Å²) in [6, 6.07) is 0. The molecule has 0 spiro atoms. The highest BCUT2D eigenvalue weighted by molar-refractivity contribution is 6.25. The smallest absolute Gasteiger partial charge is 0.309 e. The lowest BCUT2D eigenvalue weighted by molar-refractivity contribution is -0.150. The second kappa shape index (κ2) is 4.80. The van der Waals surface area contributed by atoms with Crippen LogP contribution < -0.4 is 0 Å². The lowest BCUT2D eigenvalue weighted by Crippen LogP contribution is -2.42. The van der Waals surface area contributed by atoms with Crippen molar-refractivity contribution >= 4 is 17.6 Å². The fourth-order valence-corrected chi connectivity index (χ4v) is 1.71. The molecule has 1 aliphatic heterocycles. The molecule has 1 heterocycles. The van der Waals surface area contributed by atoms with Crippen molar-refractivity contribution in [2.45, 2.75) is 19.8 Å². The summed E-state index contributed by atoms with van der Waals surface area (Å²) in [5, 5.41) is 9.01. The Hall–Kier alpha value is -0.540. The van der Waals surface area contributed by atoms with E-state index in [4.69, 9.17) is 16.7 Å². The first-order valence-electron chi connectivity index (χ1n) is 4.79. The summed E-state index contributed by atoms with van der Waals surface area (Å²) in [7, 11) is 0. The monoisotopic (exact) mass is 217 g/mol. The summed E-state index contributed by atoms with van der Waals surface area (Å²) >= 11 is 5.43. The summed E-state index contributed by atoms with van der Waals surface area (Å²) in [5.74, 6) is -0.676. The van der Waals surface area contributed by atoms with Gasteiger partial charge in [-0.15, -0.1) is 0 Å². The molecule has 0 atom stereocenters. The van der Waals surface area contributed by atoms with Crippen LogP contribution in [0.2, 0.25) is 0 Å². The van der Waals surface area contributed by atoms with Gasteiger partial charge in [-0.1, -0.05) is 17.7 Å². The van der Waals surface area contributed by atoms with Gasteiger partial charge >= 0.3 is 5.97 Å². The number of carboxylic acids is 1. The average molecular weight is 218 g/mol. The first-order valence-corrected chi connectivity index (χ1v) is 5.23. The summed E-state index contributed by atoms with van der Waals surface area (Å²) in [6.45, 7) is 4.32. The van der Waals surface area contributed by atoms with E-state index < -0.39 is 11.4 Å². The molecule has 0 unspecified atom stereocenters. The maximum Gasteiger partial charge on any atom is 0.309 e. The molecule has 1 rings (SSSR count). The van der Waals surface area contributed by atoms with Crippen LogP contribution in [0.1, 0.15) is 19.8 Å². The predicted molar refractivity (Wildman–Crippen MR) is 56.4 cm³/mol. The van der Waals surface area contributed by atoms with Crippen LogP contribution in [-0.2, 0) is 4.79 Å². The third-order valence-corrected chi connectivity index (χ3v) is 3.11. The van der Waals surface area contributed by atoms with E-state index in [-0.39, 0.29) is 0 Å². The van der Waals surface area contributed by atoms with Crippen molar-refractivity contribution in [1.29, 1.82) is 0 Å². The normalized spacial score (nSPS) is 22.7. The van der Waals surface area contributed by atoms with Gasteiger partial charge in [0.15, 0.2) is 0 Å². The van der Waals surface area contributed by atoms with Gasteiger partial charge in [0.25, 0.3) is 0 Å². The van der Waals surface area contributed by atoms with Crippen LogP contribution in [-0.4, -0.2) is 35.6 Å². The molecule has 0 amide bonds. The van der Waals surface area contributed by atoms with Crippen molar-refractivity contribution in [2.24, 2.45) is 5.41 Å². The Labute approximate surface area is 89.3 Å². The fraction of sp³-hybridized carbons (Fsp3) is 0.700. The van der Waals surface area contributed by atoms with Crippen molar-refractivity contribution in [3.05, 3.63) is 11.6 Å². The SMILES string of the molecule is CC1(C(=O)O)CCN(CC=CCl)CC1. The van der Waals surface area contributed by atoms with Crippen molar-refractivity contribution < 1.29 is 9.90 Å². The van der Waals surface area contributed by atoms with Crippen molar-refractivity contribution in [3.8, 4) is 0 Å². The van der Waals surface area contributed by atoms with Gasteiger partial charge in [-0.2, -0.15) is 0 Å². The maximum atomic E-state index is 10.9. The molecule has 3 nitrogen and oxygen atoms in total. The molecule has 1 N–H and O–H groups in total. The molecule has 0 saturated carbocycles. The highest BCUT2D eigenvalue weighted by Crippen LogP contribution is 2.30. The van der Waals surface area contributed by atoms with Gasteiger partial charge < -0.3 is 5.11 Å². The van der Waals surface area contributed by atoms with Gasteiger partial charge in [-0.05, 0) is 32.9 Å². The van der Waals surface area contributed by atoms with Crippen LogP contribution in [0.3, 0.4) is 0 Å².